The van der Waals surface area contributed by atoms with Gasteiger partial charge in [-0.2, -0.15) is 5.26 Å². The Hall–Kier alpha value is -2.26. The summed E-state index contributed by atoms with van der Waals surface area (Å²) in [5.41, 5.74) is 6.46. The van der Waals surface area contributed by atoms with Crippen molar-refractivity contribution in [2.75, 3.05) is 26.2 Å². The average Bonchev–Trinajstić information content (AvgIpc) is 2.60. The number of hydrogen-bond acceptors (Lipinski definition) is 4. The molecule has 0 radical (unpaired) electrons. The van der Waals surface area contributed by atoms with Crippen LogP contribution in [0.1, 0.15) is 40.0 Å². The Balaban J connectivity index is 2.79. The van der Waals surface area contributed by atoms with E-state index in [4.69, 9.17) is 20.7 Å². The molecule has 25 heavy (non-hydrogen) atoms. The molecule has 0 unspecified atom stereocenters. The molecular weight excluding hydrogens is 314 g/mol. The van der Waals surface area contributed by atoms with Gasteiger partial charge in [0.25, 0.3) is 0 Å². The molecule has 1 aromatic carbocycles. The molecule has 1 aromatic rings. The monoisotopic (exact) mass is 345 g/mol. The van der Waals surface area contributed by atoms with E-state index in [1.165, 1.54) is 0 Å². The number of nitriles is 1. The lowest BCUT2D eigenvalue weighted by molar-refractivity contribution is 0.312. The quantitative estimate of drug-likeness (QED) is 0.387. The van der Waals surface area contributed by atoms with Gasteiger partial charge in [-0.3, -0.25) is 0 Å². The maximum Gasteiger partial charge on any atom is 0.199 e. The standard InChI is InChI=1S/C19H31N5O/c1-4-24(16(2)3)19(22-14-7-13-21)23-17-8-10-18(11-9-17)25-15-6-5-12-20/h8-11,16H,4-7,13-15,21H2,1-3H3,(H,22,23). The van der Waals surface area contributed by atoms with Gasteiger partial charge < -0.3 is 20.7 Å². The molecule has 0 aliphatic carbocycles. The lowest BCUT2D eigenvalue weighted by Gasteiger charge is -2.29. The highest BCUT2D eigenvalue weighted by molar-refractivity contribution is 5.83. The fraction of sp³-hybridized carbons (Fsp3) is 0.579. The molecule has 0 amide bonds. The predicted octanol–water partition coefficient (Wildman–Crippen LogP) is 3.03. The van der Waals surface area contributed by atoms with Crippen molar-refractivity contribution in [3.63, 3.8) is 0 Å². The molecule has 0 fully saturated rings. The maximum atomic E-state index is 8.53. The summed E-state index contributed by atoms with van der Waals surface area (Å²) in [4.78, 5) is 6.99. The number of nitrogens with zero attached hydrogens (tertiary/aromatic N) is 3. The zero-order valence-corrected chi connectivity index (χ0v) is 15.7. The van der Waals surface area contributed by atoms with E-state index < -0.39 is 0 Å². The molecule has 0 atom stereocenters. The van der Waals surface area contributed by atoms with Gasteiger partial charge >= 0.3 is 0 Å². The van der Waals surface area contributed by atoms with Crippen molar-refractivity contribution in [2.45, 2.75) is 46.1 Å². The highest BCUT2D eigenvalue weighted by atomic mass is 16.5. The topological polar surface area (TPSA) is 86.7 Å². The second-order valence-electron chi connectivity index (χ2n) is 5.99. The second-order valence-corrected chi connectivity index (χ2v) is 5.99. The van der Waals surface area contributed by atoms with Crippen LogP contribution >= 0.6 is 0 Å². The lowest BCUT2D eigenvalue weighted by atomic mass is 10.3. The Morgan fingerprint density at radius 2 is 2.04 bits per heavy atom. The Bertz CT molecular complexity index is 548. The van der Waals surface area contributed by atoms with Crippen LogP contribution in [0.25, 0.3) is 0 Å². The van der Waals surface area contributed by atoms with E-state index >= 15 is 0 Å². The minimum Gasteiger partial charge on any atom is -0.494 e. The summed E-state index contributed by atoms with van der Waals surface area (Å²) in [5, 5.41) is 11.9. The van der Waals surface area contributed by atoms with Crippen LogP contribution in [-0.2, 0) is 0 Å². The fourth-order valence-corrected chi connectivity index (χ4v) is 2.35. The van der Waals surface area contributed by atoms with E-state index in [1.54, 1.807) is 0 Å². The van der Waals surface area contributed by atoms with E-state index in [-0.39, 0.29) is 0 Å². The first-order chi connectivity index (χ1) is 12.1. The van der Waals surface area contributed by atoms with Crippen molar-refractivity contribution >= 4 is 11.6 Å². The normalized spacial score (nSPS) is 11.3. The molecule has 3 N–H and O–H groups in total. The van der Waals surface area contributed by atoms with Crippen molar-refractivity contribution in [3.8, 4) is 11.8 Å². The van der Waals surface area contributed by atoms with Gasteiger partial charge in [0.1, 0.15) is 5.75 Å². The molecule has 6 heteroatoms. The van der Waals surface area contributed by atoms with Crippen LogP contribution in [0.3, 0.4) is 0 Å². The molecule has 0 aromatic heterocycles. The van der Waals surface area contributed by atoms with Gasteiger partial charge in [0.2, 0.25) is 0 Å². The van der Waals surface area contributed by atoms with Crippen LogP contribution in [0.15, 0.2) is 29.3 Å². The fourth-order valence-electron chi connectivity index (χ4n) is 2.35. The minimum absolute atomic E-state index is 0.358. The first kappa shape index (κ1) is 20.8. The summed E-state index contributed by atoms with van der Waals surface area (Å²) < 4.78 is 5.61. The summed E-state index contributed by atoms with van der Waals surface area (Å²) in [7, 11) is 0. The van der Waals surface area contributed by atoms with Gasteiger partial charge in [-0.25, -0.2) is 4.99 Å². The van der Waals surface area contributed by atoms with Crippen LogP contribution in [-0.4, -0.2) is 43.1 Å². The molecule has 0 saturated heterocycles. The van der Waals surface area contributed by atoms with Gasteiger partial charge in [0, 0.05) is 25.6 Å². The first-order valence-electron chi connectivity index (χ1n) is 9.01. The van der Waals surface area contributed by atoms with E-state index in [0.29, 0.717) is 25.6 Å². The van der Waals surface area contributed by atoms with Gasteiger partial charge in [0.05, 0.1) is 18.4 Å². The molecule has 138 valence electrons. The van der Waals surface area contributed by atoms with Crippen LogP contribution in [0.5, 0.6) is 5.75 Å². The van der Waals surface area contributed by atoms with Crippen LogP contribution in [0, 0.1) is 11.3 Å². The van der Waals surface area contributed by atoms with E-state index in [1.807, 2.05) is 24.3 Å². The maximum absolute atomic E-state index is 8.53. The zero-order chi connectivity index (χ0) is 18.5. The molecule has 0 saturated carbocycles. The third-order valence-corrected chi connectivity index (χ3v) is 3.67. The number of nitrogens with one attached hydrogen (secondary N) is 1. The highest BCUT2D eigenvalue weighted by Gasteiger charge is 2.12. The Morgan fingerprint density at radius 3 is 2.60 bits per heavy atom. The smallest absolute Gasteiger partial charge is 0.199 e. The SMILES string of the molecule is CCN(/C(=N\c1ccc(OCCCC#N)cc1)NCCCN)C(C)C. The number of guanidine groups is 1. The molecule has 0 bridgehead atoms. The minimum atomic E-state index is 0.358. The third kappa shape index (κ3) is 7.90. The zero-order valence-electron chi connectivity index (χ0n) is 15.7. The van der Waals surface area contributed by atoms with Gasteiger partial charge in [-0.1, -0.05) is 0 Å². The van der Waals surface area contributed by atoms with Crippen molar-refractivity contribution in [1.29, 1.82) is 5.26 Å². The second kappa shape index (κ2) is 12.2. The Morgan fingerprint density at radius 1 is 1.32 bits per heavy atom. The summed E-state index contributed by atoms with van der Waals surface area (Å²) in [6, 6.07) is 10.2. The number of nitrogens with two attached hydrogens (primary N) is 1. The largest absolute Gasteiger partial charge is 0.494 e. The average molecular weight is 345 g/mol. The third-order valence-electron chi connectivity index (χ3n) is 3.67. The van der Waals surface area contributed by atoms with Gasteiger partial charge in [-0.15, -0.1) is 0 Å². The van der Waals surface area contributed by atoms with Crippen molar-refractivity contribution in [3.05, 3.63) is 24.3 Å². The molecule has 0 spiro atoms. The van der Waals surface area contributed by atoms with E-state index in [2.05, 4.69) is 37.1 Å². The molecule has 1 rings (SSSR count). The van der Waals surface area contributed by atoms with Crippen molar-refractivity contribution in [1.82, 2.24) is 10.2 Å². The van der Waals surface area contributed by atoms with Crippen LogP contribution < -0.4 is 15.8 Å². The van der Waals surface area contributed by atoms with Crippen LogP contribution in [0.2, 0.25) is 0 Å². The van der Waals surface area contributed by atoms with Crippen LogP contribution in [0.4, 0.5) is 5.69 Å². The van der Waals surface area contributed by atoms with Gasteiger partial charge in [0.15, 0.2) is 5.96 Å². The summed E-state index contributed by atoms with van der Waals surface area (Å²) in [5.74, 6) is 1.67. The Labute approximate surface area is 151 Å². The number of ether oxygens (including phenoxy) is 1. The molecule has 6 nitrogen and oxygen atoms in total. The molecule has 0 aliphatic rings. The predicted molar refractivity (Wildman–Crippen MR) is 103 cm³/mol. The highest BCUT2D eigenvalue weighted by Crippen LogP contribution is 2.19. The van der Waals surface area contributed by atoms with E-state index in [9.17, 15) is 0 Å². The Kier molecular flexibility index (Phi) is 10.1. The summed E-state index contributed by atoms with van der Waals surface area (Å²) in [6.45, 7) is 9.33. The molecule has 0 heterocycles. The summed E-state index contributed by atoms with van der Waals surface area (Å²) >= 11 is 0. The summed E-state index contributed by atoms with van der Waals surface area (Å²) in [6.07, 6.45) is 2.16. The van der Waals surface area contributed by atoms with Crippen molar-refractivity contribution in [2.24, 2.45) is 10.7 Å². The first-order valence-corrected chi connectivity index (χ1v) is 9.01. The number of hydrogen-bond donors (Lipinski definition) is 2. The lowest BCUT2D eigenvalue weighted by Crippen LogP contribution is -2.45. The number of aliphatic imine (C=N–C) groups is 1. The number of benzene rings is 1. The number of rotatable bonds is 10. The molecule has 0 aliphatic heterocycles. The van der Waals surface area contributed by atoms with E-state index in [0.717, 1.165) is 43.3 Å². The number of unbranched alkanes of at least 4 members (excludes halogenated alkanes) is 1. The van der Waals surface area contributed by atoms with Gasteiger partial charge in [-0.05, 0) is 64.4 Å². The molecular formula is C19H31N5O. The van der Waals surface area contributed by atoms with Crippen molar-refractivity contribution < 1.29 is 4.74 Å².